The largest absolute Gasteiger partial charge is 0.476 e. The molecule has 1 saturated carbocycles. The molecule has 1 aliphatic rings. The van der Waals surface area contributed by atoms with E-state index >= 15 is 0 Å². The van der Waals surface area contributed by atoms with Gasteiger partial charge in [0.1, 0.15) is 5.75 Å². The molecule has 0 heterocycles. The van der Waals surface area contributed by atoms with Crippen LogP contribution in [0.4, 0.5) is 0 Å². The summed E-state index contributed by atoms with van der Waals surface area (Å²) in [6.07, 6.45) is 1.28. The van der Waals surface area contributed by atoms with Gasteiger partial charge in [-0.1, -0.05) is 23.7 Å². The van der Waals surface area contributed by atoms with Crippen LogP contribution in [0.3, 0.4) is 0 Å². The van der Waals surface area contributed by atoms with Crippen molar-refractivity contribution in [3.8, 4) is 5.75 Å². The molecule has 0 aromatic heterocycles. The van der Waals surface area contributed by atoms with Gasteiger partial charge in [0.2, 0.25) is 5.60 Å². The number of esters is 1. The number of carbonyl (C=O) groups excluding carboxylic acids is 2. The molecular formula is C18H15ClO4. The predicted molar refractivity (Wildman–Crippen MR) is 85.9 cm³/mol. The van der Waals surface area contributed by atoms with Gasteiger partial charge >= 0.3 is 5.97 Å². The number of ether oxygens (including phenoxy) is 2. The van der Waals surface area contributed by atoms with E-state index in [0.717, 1.165) is 0 Å². The van der Waals surface area contributed by atoms with E-state index in [1.807, 2.05) is 0 Å². The van der Waals surface area contributed by atoms with E-state index in [9.17, 15) is 9.59 Å². The minimum atomic E-state index is -0.854. The van der Waals surface area contributed by atoms with Gasteiger partial charge in [0.25, 0.3) is 0 Å². The van der Waals surface area contributed by atoms with E-state index in [4.69, 9.17) is 21.1 Å². The molecule has 1 aliphatic carbocycles. The van der Waals surface area contributed by atoms with Crippen LogP contribution in [0.15, 0.2) is 48.5 Å². The maximum atomic E-state index is 12.4. The summed E-state index contributed by atoms with van der Waals surface area (Å²) in [6.45, 7) is 0. The lowest BCUT2D eigenvalue weighted by Crippen LogP contribution is -2.30. The summed E-state index contributed by atoms with van der Waals surface area (Å²) in [5.41, 5.74) is 0.203. The summed E-state index contributed by atoms with van der Waals surface area (Å²) in [5.74, 6) is 0.0558. The third kappa shape index (κ3) is 3.22. The molecule has 0 spiro atoms. The van der Waals surface area contributed by atoms with Gasteiger partial charge in [-0.25, -0.2) is 4.79 Å². The average Bonchev–Trinajstić information content (AvgIpc) is 3.35. The van der Waals surface area contributed by atoms with Crippen LogP contribution in [0, 0.1) is 0 Å². The molecule has 5 heteroatoms. The Hall–Kier alpha value is -2.33. The predicted octanol–water partition coefficient (Wildman–Crippen LogP) is 3.66. The fourth-order valence-electron chi connectivity index (χ4n) is 2.34. The van der Waals surface area contributed by atoms with Crippen LogP contribution in [0.25, 0.3) is 0 Å². The van der Waals surface area contributed by atoms with Crippen molar-refractivity contribution in [1.29, 1.82) is 0 Å². The molecule has 3 rings (SSSR count). The van der Waals surface area contributed by atoms with Crippen molar-refractivity contribution < 1.29 is 19.1 Å². The number of methoxy groups -OCH3 is 1. The number of halogens is 1. The van der Waals surface area contributed by atoms with Crippen LogP contribution in [0.1, 0.15) is 28.8 Å². The van der Waals surface area contributed by atoms with E-state index in [2.05, 4.69) is 0 Å². The Balaban J connectivity index is 1.75. The second-order valence-electron chi connectivity index (χ2n) is 5.45. The number of carbonyl (C=O) groups is 2. The first-order valence-electron chi connectivity index (χ1n) is 7.22. The maximum absolute atomic E-state index is 12.4. The zero-order valence-corrected chi connectivity index (χ0v) is 13.3. The number of ketones is 1. The van der Waals surface area contributed by atoms with Crippen molar-refractivity contribution in [3.05, 3.63) is 64.7 Å². The van der Waals surface area contributed by atoms with Crippen LogP contribution in [0.2, 0.25) is 5.02 Å². The Bertz CT molecular complexity index is 748. The van der Waals surface area contributed by atoms with Crippen LogP contribution >= 0.6 is 11.6 Å². The summed E-state index contributed by atoms with van der Waals surface area (Å²) in [5, 5.41) is 0.518. The normalized spacial score (nSPS) is 14.9. The number of rotatable bonds is 5. The smallest absolute Gasteiger partial charge is 0.350 e. The monoisotopic (exact) mass is 330 g/mol. The third-order valence-electron chi connectivity index (χ3n) is 3.78. The summed E-state index contributed by atoms with van der Waals surface area (Å²) in [4.78, 5) is 24.1. The molecule has 0 atom stereocenters. The maximum Gasteiger partial charge on any atom is 0.350 e. The SMILES string of the molecule is COC(=O)C1(Oc2ccc(C(=O)c3cccc(Cl)c3)cc2)CC1. The van der Waals surface area contributed by atoms with Gasteiger partial charge in [-0.2, -0.15) is 0 Å². The summed E-state index contributed by atoms with van der Waals surface area (Å²) in [6, 6.07) is 13.5. The zero-order chi connectivity index (χ0) is 16.4. The summed E-state index contributed by atoms with van der Waals surface area (Å²) >= 11 is 5.91. The molecule has 23 heavy (non-hydrogen) atoms. The second kappa shape index (κ2) is 6.05. The standard InChI is InChI=1S/C18H15ClO4/c1-22-17(21)18(9-10-18)23-15-7-5-12(6-8-15)16(20)13-3-2-4-14(19)11-13/h2-8,11H,9-10H2,1H3. The van der Waals surface area contributed by atoms with Crippen molar-refractivity contribution in [3.63, 3.8) is 0 Å². The lowest BCUT2D eigenvalue weighted by molar-refractivity contribution is -0.151. The highest BCUT2D eigenvalue weighted by Gasteiger charge is 2.54. The Morgan fingerprint density at radius 1 is 1.04 bits per heavy atom. The molecule has 0 radical (unpaired) electrons. The van der Waals surface area contributed by atoms with E-state index in [-0.39, 0.29) is 11.8 Å². The second-order valence-corrected chi connectivity index (χ2v) is 5.89. The molecule has 2 aromatic rings. The van der Waals surface area contributed by atoms with Crippen molar-refractivity contribution in [2.45, 2.75) is 18.4 Å². The molecule has 118 valence electrons. The highest BCUT2D eigenvalue weighted by atomic mass is 35.5. The molecule has 1 fully saturated rings. The minimum absolute atomic E-state index is 0.117. The van der Waals surface area contributed by atoms with Crippen molar-refractivity contribution >= 4 is 23.4 Å². The van der Waals surface area contributed by atoms with Gasteiger partial charge in [-0.3, -0.25) is 4.79 Å². The molecule has 0 amide bonds. The van der Waals surface area contributed by atoms with Gasteiger partial charge in [0.15, 0.2) is 5.78 Å². The van der Waals surface area contributed by atoms with Gasteiger partial charge < -0.3 is 9.47 Å². The van der Waals surface area contributed by atoms with Gasteiger partial charge in [0.05, 0.1) is 7.11 Å². The van der Waals surface area contributed by atoms with Crippen LogP contribution in [-0.4, -0.2) is 24.5 Å². The van der Waals surface area contributed by atoms with E-state index < -0.39 is 5.60 Å². The van der Waals surface area contributed by atoms with Crippen molar-refractivity contribution in [1.82, 2.24) is 0 Å². The van der Waals surface area contributed by atoms with Crippen molar-refractivity contribution in [2.75, 3.05) is 7.11 Å². The van der Waals surface area contributed by atoms with Gasteiger partial charge in [-0.15, -0.1) is 0 Å². The first-order chi connectivity index (χ1) is 11.0. The zero-order valence-electron chi connectivity index (χ0n) is 12.5. The lowest BCUT2D eigenvalue weighted by atomic mass is 10.0. The highest BCUT2D eigenvalue weighted by molar-refractivity contribution is 6.31. The first-order valence-corrected chi connectivity index (χ1v) is 7.60. The Morgan fingerprint density at radius 3 is 2.30 bits per heavy atom. The molecule has 2 aromatic carbocycles. The Morgan fingerprint density at radius 2 is 1.74 bits per heavy atom. The average molecular weight is 331 g/mol. The molecule has 0 saturated heterocycles. The first kappa shape index (κ1) is 15.6. The molecular weight excluding hydrogens is 316 g/mol. The fourth-order valence-corrected chi connectivity index (χ4v) is 2.53. The van der Waals surface area contributed by atoms with Crippen molar-refractivity contribution in [2.24, 2.45) is 0 Å². The molecule has 0 bridgehead atoms. The van der Waals surface area contributed by atoms with Gasteiger partial charge in [-0.05, 0) is 36.4 Å². The summed E-state index contributed by atoms with van der Waals surface area (Å²) < 4.78 is 10.5. The van der Waals surface area contributed by atoms with Crippen LogP contribution in [0.5, 0.6) is 5.75 Å². The van der Waals surface area contributed by atoms with E-state index in [0.29, 0.717) is 34.7 Å². The highest BCUT2D eigenvalue weighted by Crippen LogP contribution is 2.41. The Labute approximate surface area is 139 Å². The third-order valence-corrected chi connectivity index (χ3v) is 4.01. The lowest BCUT2D eigenvalue weighted by Gasteiger charge is -2.15. The van der Waals surface area contributed by atoms with Crippen LogP contribution in [-0.2, 0) is 9.53 Å². The number of hydrogen-bond acceptors (Lipinski definition) is 4. The van der Waals surface area contributed by atoms with E-state index in [1.165, 1.54) is 7.11 Å². The topological polar surface area (TPSA) is 52.6 Å². The number of hydrogen-bond donors (Lipinski definition) is 0. The minimum Gasteiger partial charge on any atom is -0.476 e. The number of benzene rings is 2. The molecule has 0 aliphatic heterocycles. The quantitative estimate of drug-likeness (QED) is 0.620. The van der Waals surface area contributed by atoms with Crippen LogP contribution < -0.4 is 4.74 Å². The van der Waals surface area contributed by atoms with Gasteiger partial charge in [0, 0.05) is 29.0 Å². The Kier molecular flexibility index (Phi) is 4.09. The molecule has 0 unspecified atom stereocenters. The molecule has 4 nitrogen and oxygen atoms in total. The fraction of sp³-hybridized carbons (Fsp3) is 0.222. The molecule has 0 N–H and O–H groups in total. The van der Waals surface area contributed by atoms with E-state index in [1.54, 1.807) is 48.5 Å². The summed E-state index contributed by atoms with van der Waals surface area (Å²) in [7, 11) is 1.35.